The molecule has 1 saturated heterocycles. The van der Waals surface area contributed by atoms with Crippen LogP contribution >= 0.6 is 0 Å². The summed E-state index contributed by atoms with van der Waals surface area (Å²) in [6, 6.07) is 2.93. The van der Waals surface area contributed by atoms with Crippen LogP contribution in [-0.4, -0.2) is 54.7 Å². The molecule has 1 unspecified atom stereocenters. The maximum atomic E-state index is 13.4. The van der Waals surface area contributed by atoms with Gasteiger partial charge < -0.3 is 10.6 Å². The molecule has 0 aromatic heterocycles. The Bertz CT molecular complexity index is 916. The van der Waals surface area contributed by atoms with Crippen molar-refractivity contribution >= 4 is 15.9 Å². The Morgan fingerprint density at radius 2 is 1.91 bits per heavy atom. The van der Waals surface area contributed by atoms with Gasteiger partial charge >= 0.3 is 6.18 Å². The van der Waals surface area contributed by atoms with E-state index in [0.29, 0.717) is 44.2 Å². The molecule has 2 atom stereocenters. The molecule has 1 aromatic carbocycles. The predicted octanol–water partition coefficient (Wildman–Crippen LogP) is 3.61. The molecule has 2 fully saturated rings. The summed E-state index contributed by atoms with van der Waals surface area (Å²) in [4.78, 5) is 14.1. The van der Waals surface area contributed by atoms with Gasteiger partial charge in [-0.2, -0.15) is 17.5 Å². The number of hydrogen-bond acceptors (Lipinski definition) is 4. The molecule has 0 bridgehead atoms. The minimum atomic E-state index is -4.63. The van der Waals surface area contributed by atoms with Crippen LogP contribution in [0, 0.1) is 5.92 Å². The lowest BCUT2D eigenvalue weighted by atomic mass is 10.00. The monoisotopic (exact) mass is 475 g/mol. The Hall–Kier alpha value is -1.65. The number of carbonyl (C=O) groups is 1. The van der Waals surface area contributed by atoms with Crippen LogP contribution in [0.2, 0.25) is 0 Å². The Labute approximate surface area is 188 Å². The minimum absolute atomic E-state index is 0.102. The summed E-state index contributed by atoms with van der Waals surface area (Å²) in [6.07, 6.45) is -1.16. The zero-order chi connectivity index (χ0) is 23.7. The molecular weight excluding hydrogens is 443 g/mol. The zero-order valence-corrected chi connectivity index (χ0v) is 19.3. The maximum absolute atomic E-state index is 13.4. The van der Waals surface area contributed by atoms with Gasteiger partial charge in [0.1, 0.15) is 0 Å². The summed E-state index contributed by atoms with van der Waals surface area (Å²) in [5.74, 6) is 0.268. The number of amides is 1. The molecule has 1 aliphatic carbocycles. The molecule has 10 heteroatoms. The molecule has 6 nitrogen and oxygen atoms in total. The zero-order valence-electron chi connectivity index (χ0n) is 18.5. The molecule has 2 aliphatic rings. The van der Waals surface area contributed by atoms with Crippen molar-refractivity contribution in [2.24, 2.45) is 11.7 Å². The summed E-state index contributed by atoms with van der Waals surface area (Å²) >= 11 is 0. The SMILES string of the molecule is CC(C)C[C@@H](N)CC(=O)N1CCCC(N(C2CC2)S(=O)(=O)c2cccc(C(F)(F)F)c2)C1. The number of hydrogen-bond donors (Lipinski definition) is 1. The number of likely N-dealkylation sites (tertiary alicyclic amines) is 1. The van der Waals surface area contributed by atoms with E-state index in [9.17, 15) is 26.4 Å². The Morgan fingerprint density at radius 1 is 1.22 bits per heavy atom. The quantitative estimate of drug-likeness (QED) is 0.623. The summed E-state index contributed by atoms with van der Waals surface area (Å²) in [5.41, 5.74) is 5.09. The number of rotatable bonds is 8. The van der Waals surface area contributed by atoms with Crippen LogP contribution in [0.15, 0.2) is 29.2 Å². The topological polar surface area (TPSA) is 83.7 Å². The van der Waals surface area contributed by atoms with Crippen LogP contribution in [0.5, 0.6) is 0 Å². The normalized spacial score (nSPS) is 21.2. The highest BCUT2D eigenvalue weighted by atomic mass is 32.2. The van der Waals surface area contributed by atoms with E-state index in [4.69, 9.17) is 5.73 Å². The largest absolute Gasteiger partial charge is 0.416 e. The van der Waals surface area contributed by atoms with Crippen molar-refractivity contribution < 1.29 is 26.4 Å². The van der Waals surface area contributed by atoms with Crippen LogP contribution in [-0.2, 0) is 21.0 Å². The summed E-state index contributed by atoms with van der Waals surface area (Å²) in [6.45, 7) is 4.84. The number of halogens is 3. The van der Waals surface area contributed by atoms with Gasteiger partial charge in [0.2, 0.25) is 15.9 Å². The molecule has 180 valence electrons. The van der Waals surface area contributed by atoms with Crippen LogP contribution in [0.25, 0.3) is 0 Å². The molecule has 1 heterocycles. The van der Waals surface area contributed by atoms with E-state index in [1.807, 2.05) is 13.8 Å². The Kier molecular flexibility index (Phi) is 7.56. The minimum Gasteiger partial charge on any atom is -0.341 e. The number of benzene rings is 1. The van der Waals surface area contributed by atoms with Gasteiger partial charge in [-0.3, -0.25) is 4.79 Å². The highest BCUT2D eigenvalue weighted by Gasteiger charge is 2.44. The van der Waals surface area contributed by atoms with Gasteiger partial charge in [0, 0.05) is 37.6 Å². The Balaban J connectivity index is 1.79. The second-order valence-corrected chi connectivity index (χ2v) is 11.2. The van der Waals surface area contributed by atoms with Gasteiger partial charge in [0.25, 0.3) is 0 Å². The average Bonchev–Trinajstić information content (AvgIpc) is 3.51. The van der Waals surface area contributed by atoms with E-state index in [1.54, 1.807) is 4.90 Å². The summed E-state index contributed by atoms with van der Waals surface area (Å²) in [7, 11) is -4.14. The fraction of sp³-hybridized carbons (Fsp3) is 0.682. The first-order valence-corrected chi connectivity index (χ1v) is 12.6. The maximum Gasteiger partial charge on any atom is 0.416 e. The second kappa shape index (κ2) is 9.69. The van der Waals surface area contributed by atoms with Crippen LogP contribution in [0.1, 0.15) is 57.9 Å². The van der Waals surface area contributed by atoms with Crippen molar-refractivity contribution in [1.29, 1.82) is 0 Å². The van der Waals surface area contributed by atoms with Crippen molar-refractivity contribution in [2.45, 2.75) is 81.6 Å². The molecule has 1 aliphatic heterocycles. The average molecular weight is 476 g/mol. The number of carbonyl (C=O) groups excluding carboxylic acids is 1. The van der Waals surface area contributed by atoms with Crippen LogP contribution < -0.4 is 5.73 Å². The van der Waals surface area contributed by atoms with Gasteiger partial charge in [-0.25, -0.2) is 8.42 Å². The second-order valence-electron chi connectivity index (χ2n) is 9.32. The van der Waals surface area contributed by atoms with E-state index in [1.165, 1.54) is 10.4 Å². The van der Waals surface area contributed by atoms with Crippen molar-refractivity contribution in [3.05, 3.63) is 29.8 Å². The third kappa shape index (κ3) is 6.02. The highest BCUT2D eigenvalue weighted by molar-refractivity contribution is 7.89. The van der Waals surface area contributed by atoms with Gasteiger partial charge in [-0.15, -0.1) is 0 Å². The Morgan fingerprint density at radius 3 is 2.50 bits per heavy atom. The number of alkyl halides is 3. The number of nitrogens with zero attached hydrogens (tertiary/aromatic N) is 2. The van der Waals surface area contributed by atoms with Gasteiger partial charge in [0.05, 0.1) is 10.5 Å². The van der Waals surface area contributed by atoms with Crippen molar-refractivity contribution in [1.82, 2.24) is 9.21 Å². The summed E-state index contributed by atoms with van der Waals surface area (Å²) in [5, 5.41) is 0. The first-order chi connectivity index (χ1) is 14.9. The highest BCUT2D eigenvalue weighted by Crippen LogP contribution is 2.38. The smallest absolute Gasteiger partial charge is 0.341 e. The molecule has 2 N–H and O–H groups in total. The molecule has 0 spiro atoms. The lowest BCUT2D eigenvalue weighted by molar-refractivity contribution is -0.137. The number of piperidine rings is 1. The first-order valence-electron chi connectivity index (χ1n) is 11.1. The van der Waals surface area contributed by atoms with E-state index < -0.39 is 27.8 Å². The van der Waals surface area contributed by atoms with E-state index in [-0.39, 0.29) is 35.9 Å². The molecule has 1 saturated carbocycles. The molecule has 3 rings (SSSR count). The van der Waals surface area contributed by atoms with E-state index >= 15 is 0 Å². The van der Waals surface area contributed by atoms with Crippen molar-refractivity contribution in [3.8, 4) is 0 Å². The molecular formula is C22H32F3N3O3S. The van der Waals surface area contributed by atoms with E-state index in [2.05, 4.69) is 0 Å². The lowest BCUT2D eigenvalue weighted by Gasteiger charge is -2.39. The van der Waals surface area contributed by atoms with Gasteiger partial charge in [0.15, 0.2) is 0 Å². The van der Waals surface area contributed by atoms with Gasteiger partial charge in [-0.05, 0) is 56.2 Å². The van der Waals surface area contributed by atoms with Crippen molar-refractivity contribution in [3.63, 3.8) is 0 Å². The summed E-state index contributed by atoms with van der Waals surface area (Å²) < 4.78 is 67.6. The number of nitrogens with two attached hydrogens (primary N) is 1. The predicted molar refractivity (Wildman–Crippen MR) is 115 cm³/mol. The first kappa shape index (κ1) is 25.0. The van der Waals surface area contributed by atoms with E-state index in [0.717, 1.165) is 18.6 Å². The fourth-order valence-corrected chi connectivity index (χ4v) is 6.34. The molecule has 1 amide bonds. The third-order valence-corrected chi connectivity index (χ3v) is 7.96. The lowest BCUT2D eigenvalue weighted by Crippen LogP contribution is -2.53. The standard InChI is InChI=1S/C22H32F3N3O3S/c1-15(2)11-17(26)13-21(29)27-10-4-6-19(14-27)28(18-8-9-18)32(30,31)20-7-3-5-16(12-20)22(23,24)25/h3,5,7,12,15,17-19H,4,6,8-11,13-14,26H2,1-2H3/t17-,19?/m1/s1. The number of sulfonamides is 1. The molecule has 1 aromatic rings. The fourth-order valence-electron chi connectivity index (χ4n) is 4.41. The molecule has 0 radical (unpaired) electrons. The molecule has 32 heavy (non-hydrogen) atoms. The van der Waals surface area contributed by atoms with Crippen molar-refractivity contribution in [2.75, 3.05) is 13.1 Å². The van der Waals surface area contributed by atoms with Crippen LogP contribution in [0.3, 0.4) is 0 Å². The van der Waals surface area contributed by atoms with Gasteiger partial charge in [-0.1, -0.05) is 19.9 Å². The van der Waals surface area contributed by atoms with Crippen LogP contribution in [0.4, 0.5) is 13.2 Å². The third-order valence-electron chi connectivity index (χ3n) is 5.96.